The van der Waals surface area contributed by atoms with Gasteiger partial charge in [0.05, 0.1) is 5.39 Å². The van der Waals surface area contributed by atoms with Crippen LogP contribution in [-0.4, -0.2) is 10.1 Å². The van der Waals surface area contributed by atoms with E-state index in [2.05, 4.69) is 63.4 Å². The van der Waals surface area contributed by atoms with Crippen LogP contribution >= 0.6 is 0 Å². The third kappa shape index (κ3) is 1.77. The molecule has 5 aromatic rings. The van der Waals surface area contributed by atoms with E-state index in [9.17, 15) is 0 Å². The summed E-state index contributed by atoms with van der Waals surface area (Å²) in [6.07, 6.45) is 5.98. The summed E-state index contributed by atoms with van der Waals surface area (Å²) in [4.78, 5) is 4.32. The van der Waals surface area contributed by atoms with E-state index in [1.165, 1.54) is 26.9 Å². The first kappa shape index (κ1) is 12.4. The predicted octanol–water partition coefficient (Wildman–Crippen LogP) is 4.15. The Hall–Kier alpha value is -3.20. The van der Waals surface area contributed by atoms with Crippen LogP contribution in [0.2, 0.25) is 0 Å². The number of nitrogens with one attached hydrogen (secondary N) is 1. The Morgan fingerprint density at radius 1 is 0.696 bits per heavy atom. The molecule has 1 N–H and O–H groups in total. The monoisotopic (exact) mass is 296 g/mol. The van der Waals surface area contributed by atoms with E-state index in [1.54, 1.807) is 0 Å². The summed E-state index contributed by atoms with van der Waals surface area (Å²) in [7, 11) is 0. The quantitative estimate of drug-likeness (QED) is 0.366. The summed E-state index contributed by atoms with van der Waals surface area (Å²) in [5.41, 5.74) is 2.28. The molecular weight excluding hydrogens is 282 g/mol. The molecule has 0 saturated heterocycles. The Balaban J connectivity index is 1.99. The van der Waals surface area contributed by atoms with Gasteiger partial charge < -0.3 is 0 Å². The number of hydrogen-bond acceptors (Lipinski definition) is 1. The number of aromatic amines is 1. The molecule has 0 spiro atoms. The zero-order valence-corrected chi connectivity index (χ0v) is 12.4. The van der Waals surface area contributed by atoms with E-state index < -0.39 is 0 Å². The summed E-state index contributed by atoms with van der Waals surface area (Å²) < 4.78 is 2.08. The highest BCUT2D eigenvalue weighted by Crippen LogP contribution is 2.32. The molecule has 108 valence electrons. The summed E-state index contributed by atoms with van der Waals surface area (Å²) >= 11 is 0. The van der Waals surface area contributed by atoms with Gasteiger partial charge >= 0.3 is 0 Å². The van der Waals surface area contributed by atoms with Gasteiger partial charge in [0.15, 0.2) is 0 Å². The molecule has 0 saturated carbocycles. The highest BCUT2D eigenvalue weighted by molar-refractivity contribution is 6.23. The van der Waals surface area contributed by atoms with Crippen LogP contribution in [0.5, 0.6) is 0 Å². The average Bonchev–Trinajstić information content (AvgIpc) is 3.09. The molecule has 0 amide bonds. The Bertz CT molecular complexity index is 1080. The van der Waals surface area contributed by atoms with Gasteiger partial charge in [-0.3, -0.25) is 4.98 Å². The third-order valence-corrected chi connectivity index (χ3v) is 4.39. The van der Waals surface area contributed by atoms with Crippen LogP contribution in [0.3, 0.4) is 0 Å². The lowest BCUT2D eigenvalue weighted by Crippen LogP contribution is -2.31. The van der Waals surface area contributed by atoms with Crippen molar-refractivity contribution in [3.05, 3.63) is 79.3 Å². The van der Waals surface area contributed by atoms with Crippen LogP contribution in [0, 0.1) is 0 Å². The third-order valence-electron chi connectivity index (χ3n) is 4.39. The summed E-state index contributed by atoms with van der Waals surface area (Å²) in [5.74, 6) is 0. The first-order valence-electron chi connectivity index (χ1n) is 7.66. The van der Waals surface area contributed by atoms with Crippen molar-refractivity contribution < 1.29 is 4.68 Å². The van der Waals surface area contributed by atoms with E-state index in [-0.39, 0.29) is 0 Å². The molecule has 0 bridgehead atoms. The number of hydrogen-bond donors (Lipinski definition) is 1. The summed E-state index contributed by atoms with van der Waals surface area (Å²) in [6.45, 7) is 0. The van der Waals surface area contributed by atoms with Crippen molar-refractivity contribution in [1.29, 1.82) is 0 Å². The lowest BCUT2D eigenvalue weighted by atomic mass is 10.0. The Labute approximate surface area is 132 Å². The van der Waals surface area contributed by atoms with Gasteiger partial charge in [-0.15, -0.1) is 0 Å². The van der Waals surface area contributed by atoms with Gasteiger partial charge in [0, 0.05) is 40.7 Å². The van der Waals surface area contributed by atoms with E-state index in [1.807, 2.05) is 30.6 Å². The largest absolute Gasteiger partial charge is 0.264 e. The first-order chi connectivity index (χ1) is 11.4. The van der Waals surface area contributed by atoms with Crippen LogP contribution in [0.15, 0.2) is 79.3 Å². The van der Waals surface area contributed by atoms with E-state index in [0.29, 0.717) is 0 Å². The second kappa shape index (κ2) is 4.65. The highest BCUT2D eigenvalue weighted by Gasteiger charge is 2.16. The van der Waals surface area contributed by atoms with Crippen LogP contribution < -0.4 is 4.68 Å². The topological polar surface area (TPSA) is 32.6 Å². The van der Waals surface area contributed by atoms with Crippen molar-refractivity contribution in [2.75, 3.05) is 0 Å². The van der Waals surface area contributed by atoms with E-state index in [0.717, 1.165) is 11.2 Å². The number of rotatable bonds is 1. The number of benzene rings is 3. The fraction of sp³-hybridized carbons (Fsp3) is 0. The molecule has 0 aliphatic carbocycles. The lowest BCUT2D eigenvalue weighted by Gasteiger charge is -2.03. The van der Waals surface area contributed by atoms with Crippen molar-refractivity contribution in [3.63, 3.8) is 0 Å². The zero-order valence-electron chi connectivity index (χ0n) is 12.4. The van der Waals surface area contributed by atoms with Gasteiger partial charge in [-0.1, -0.05) is 47.1 Å². The molecule has 3 nitrogen and oxygen atoms in total. The fourth-order valence-corrected chi connectivity index (χ4v) is 3.32. The molecule has 3 aromatic carbocycles. The van der Waals surface area contributed by atoms with Gasteiger partial charge in [0.25, 0.3) is 0 Å². The maximum atomic E-state index is 4.32. The minimum Gasteiger partial charge on any atom is -0.264 e. The van der Waals surface area contributed by atoms with Gasteiger partial charge in [-0.25, -0.2) is 0 Å². The number of nitrogens with zero attached hydrogens (tertiary/aromatic N) is 2. The highest BCUT2D eigenvalue weighted by atomic mass is 15.3. The molecule has 0 aliphatic rings. The maximum absolute atomic E-state index is 4.32. The Kier molecular flexibility index (Phi) is 2.50. The fourth-order valence-electron chi connectivity index (χ4n) is 3.32. The minimum atomic E-state index is 1.12. The normalized spacial score (nSPS) is 11.5. The molecule has 0 fully saturated rings. The Morgan fingerprint density at radius 2 is 1.43 bits per heavy atom. The number of fused-ring (bicyclic) bond motifs is 6. The number of aromatic nitrogens is 3. The molecule has 5 rings (SSSR count). The molecule has 23 heavy (non-hydrogen) atoms. The molecule has 2 aromatic heterocycles. The average molecular weight is 296 g/mol. The van der Waals surface area contributed by atoms with Gasteiger partial charge in [0.1, 0.15) is 5.52 Å². The second-order valence-electron chi connectivity index (χ2n) is 5.70. The van der Waals surface area contributed by atoms with Crippen LogP contribution in [0.1, 0.15) is 0 Å². The summed E-state index contributed by atoms with van der Waals surface area (Å²) in [6, 6.07) is 20.9. The first-order valence-corrected chi connectivity index (χ1v) is 7.66. The molecule has 0 radical (unpaired) electrons. The molecule has 2 heterocycles. The molecule has 0 aliphatic heterocycles. The lowest BCUT2D eigenvalue weighted by molar-refractivity contribution is -0.652. The number of H-pyrrole nitrogens is 1. The van der Waals surface area contributed by atoms with Crippen molar-refractivity contribution in [2.24, 2.45) is 0 Å². The van der Waals surface area contributed by atoms with E-state index in [4.69, 9.17) is 0 Å². The van der Waals surface area contributed by atoms with Gasteiger partial charge in [0.2, 0.25) is 11.9 Å². The van der Waals surface area contributed by atoms with Crippen LogP contribution in [0.25, 0.3) is 38.1 Å². The maximum Gasteiger partial charge on any atom is 0.235 e. The minimum absolute atomic E-state index is 1.12. The molecular formula is C20H14N3+. The molecule has 0 atom stereocenters. The number of pyridine rings is 1. The number of para-hydroxylation sites is 1. The van der Waals surface area contributed by atoms with Crippen molar-refractivity contribution in [1.82, 2.24) is 10.1 Å². The van der Waals surface area contributed by atoms with Gasteiger partial charge in [-0.2, -0.15) is 5.10 Å². The van der Waals surface area contributed by atoms with Gasteiger partial charge in [-0.05, 0) is 11.5 Å². The zero-order chi connectivity index (χ0) is 15.2. The standard InChI is InChI=1S/C20H13N3/c1-2-6-14(7-3-1)23-13-19-16-10-11-21-12-18(16)15-8-4-5-9-17(15)20(19)22-23/h1-13H/p+1. The van der Waals surface area contributed by atoms with Crippen molar-refractivity contribution in [2.45, 2.75) is 0 Å². The SMILES string of the molecule is c1ccc(-[n+]2cc3c4ccncc4c4ccccc4c3[nH]2)cc1. The van der Waals surface area contributed by atoms with Crippen molar-refractivity contribution >= 4 is 32.4 Å². The molecule has 3 heteroatoms. The predicted molar refractivity (Wildman–Crippen MR) is 92.6 cm³/mol. The molecule has 0 unspecified atom stereocenters. The van der Waals surface area contributed by atoms with Crippen molar-refractivity contribution in [3.8, 4) is 5.69 Å². The van der Waals surface area contributed by atoms with Crippen LogP contribution in [-0.2, 0) is 0 Å². The van der Waals surface area contributed by atoms with E-state index >= 15 is 0 Å². The second-order valence-corrected chi connectivity index (χ2v) is 5.70. The Morgan fingerprint density at radius 3 is 2.30 bits per heavy atom. The smallest absolute Gasteiger partial charge is 0.235 e. The summed E-state index contributed by atoms with van der Waals surface area (Å²) in [5, 5.41) is 9.61. The van der Waals surface area contributed by atoms with Crippen LogP contribution in [0.4, 0.5) is 0 Å².